The van der Waals surface area contributed by atoms with Gasteiger partial charge in [-0.2, -0.15) is 0 Å². The Morgan fingerprint density at radius 1 is 0.871 bits per heavy atom. The van der Waals surface area contributed by atoms with Crippen LogP contribution in [0.4, 0.5) is 0 Å². The Labute approximate surface area is 182 Å². The van der Waals surface area contributed by atoms with Gasteiger partial charge in [0.05, 0.1) is 26.2 Å². The maximum absolute atomic E-state index is 12.0. The SMILES string of the molecule is CC(=O)CCC(=O)OC[C@H](OCc1ccccc1)[C@H](OCc1ccccc1)[C@H](O)CO. The van der Waals surface area contributed by atoms with Crippen molar-refractivity contribution in [2.24, 2.45) is 0 Å². The van der Waals surface area contributed by atoms with E-state index in [0.29, 0.717) is 0 Å². The van der Waals surface area contributed by atoms with E-state index in [1.165, 1.54) is 6.92 Å². The minimum Gasteiger partial charge on any atom is -0.463 e. The summed E-state index contributed by atoms with van der Waals surface area (Å²) in [5, 5.41) is 19.9. The van der Waals surface area contributed by atoms with E-state index in [1.807, 2.05) is 60.7 Å². The molecule has 0 saturated heterocycles. The third-order valence-corrected chi connectivity index (χ3v) is 4.61. The summed E-state index contributed by atoms with van der Waals surface area (Å²) in [6.07, 6.45) is -2.93. The molecule has 0 heterocycles. The van der Waals surface area contributed by atoms with Crippen molar-refractivity contribution in [1.29, 1.82) is 0 Å². The smallest absolute Gasteiger partial charge is 0.306 e. The van der Waals surface area contributed by atoms with Gasteiger partial charge >= 0.3 is 5.97 Å². The van der Waals surface area contributed by atoms with Gasteiger partial charge in [0, 0.05) is 6.42 Å². The number of esters is 1. The number of Topliss-reactive ketones (excluding diaryl/α,β-unsaturated/α-hetero) is 1. The summed E-state index contributed by atoms with van der Waals surface area (Å²) in [5.41, 5.74) is 1.79. The lowest BCUT2D eigenvalue weighted by Gasteiger charge is -2.30. The van der Waals surface area contributed by atoms with Crippen LogP contribution < -0.4 is 0 Å². The predicted octanol–water partition coefficient (Wildman–Crippen LogP) is 2.42. The number of ether oxygens (including phenoxy) is 3. The highest BCUT2D eigenvalue weighted by molar-refractivity contribution is 5.80. The van der Waals surface area contributed by atoms with Crippen LogP contribution in [0.15, 0.2) is 60.7 Å². The zero-order chi connectivity index (χ0) is 22.5. The molecule has 0 aliphatic heterocycles. The molecule has 2 aromatic carbocycles. The zero-order valence-electron chi connectivity index (χ0n) is 17.7. The largest absolute Gasteiger partial charge is 0.463 e. The monoisotopic (exact) mass is 430 g/mol. The Bertz CT molecular complexity index is 779. The van der Waals surface area contributed by atoms with Crippen LogP contribution in [-0.2, 0) is 37.0 Å². The first-order valence-corrected chi connectivity index (χ1v) is 10.2. The summed E-state index contributed by atoms with van der Waals surface area (Å²) in [6, 6.07) is 18.8. The molecule has 2 rings (SSSR count). The van der Waals surface area contributed by atoms with Crippen molar-refractivity contribution in [1.82, 2.24) is 0 Å². The Morgan fingerprint density at radius 2 is 1.42 bits per heavy atom. The maximum Gasteiger partial charge on any atom is 0.306 e. The van der Waals surface area contributed by atoms with Crippen LogP contribution in [0, 0.1) is 0 Å². The topological polar surface area (TPSA) is 102 Å². The van der Waals surface area contributed by atoms with Gasteiger partial charge in [-0.1, -0.05) is 60.7 Å². The van der Waals surface area contributed by atoms with Crippen molar-refractivity contribution in [2.75, 3.05) is 13.2 Å². The molecular formula is C24H30O7. The molecule has 0 radical (unpaired) electrons. The number of ketones is 1. The highest BCUT2D eigenvalue weighted by Gasteiger charge is 2.31. The second-order valence-corrected chi connectivity index (χ2v) is 7.23. The first-order valence-electron chi connectivity index (χ1n) is 10.2. The molecule has 0 saturated carbocycles. The third kappa shape index (κ3) is 9.40. The summed E-state index contributed by atoms with van der Waals surface area (Å²) in [5.74, 6) is -0.641. The van der Waals surface area contributed by atoms with Crippen LogP contribution in [0.3, 0.4) is 0 Å². The normalized spacial score (nSPS) is 13.9. The molecule has 2 N–H and O–H groups in total. The van der Waals surface area contributed by atoms with Gasteiger partial charge in [0.2, 0.25) is 0 Å². The zero-order valence-corrected chi connectivity index (χ0v) is 17.7. The summed E-state index contributed by atoms with van der Waals surface area (Å²) in [4.78, 5) is 23.1. The Hall–Kier alpha value is -2.58. The lowest BCUT2D eigenvalue weighted by Crippen LogP contribution is -2.45. The van der Waals surface area contributed by atoms with Crippen molar-refractivity contribution < 1.29 is 34.0 Å². The summed E-state index contributed by atoms with van der Waals surface area (Å²) in [6.45, 7) is 1.08. The van der Waals surface area contributed by atoms with Crippen LogP contribution in [0.1, 0.15) is 30.9 Å². The van der Waals surface area contributed by atoms with E-state index in [1.54, 1.807) is 0 Å². The number of hydrogen-bond donors (Lipinski definition) is 2. The molecule has 168 valence electrons. The van der Waals surface area contributed by atoms with E-state index in [9.17, 15) is 19.8 Å². The minimum absolute atomic E-state index is 0.0289. The molecule has 0 amide bonds. The fraction of sp³-hybridized carbons (Fsp3) is 0.417. The van der Waals surface area contributed by atoms with E-state index in [-0.39, 0.29) is 38.4 Å². The average Bonchev–Trinajstić information content (AvgIpc) is 2.79. The third-order valence-electron chi connectivity index (χ3n) is 4.61. The standard InChI is InChI=1S/C24H30O7/c1-18(26)12-13-23(28)30-17-22(29-15-19-8-4-2-5-9-19)24(21(27)14-25)31-16-20-10-6-3-7-11-20/h2-11,21-22,24-25,27H,12-17H2,1H3/t21-,22+,24-/m1/s1. The van der Waals surface area contributed by atoms with Crippen molar-refractivity contribution in [3.8, 4) is 0 Å². The maximum atomic E-state index is 12.0. The number of benzene rings is 2. The average molecular weight is 430 g/mol. The fourth-order valence-electron chi connectivity index (χ4n) is 2.88. The summed E-state index contributed by atoms with van der Waals surface area (Å²) >= 11 is 0. The molecule has 2 aromatic rings. The van der Waals surface area contributed by atoms with E-state index >= 15 is 0 Å². The molecule has 0 unspecified atom stereocenters. The lowest BCUT2D eigenvalue weighted by molar-refractivity contribution is -0.170. The second-order valence-electron chi connectivity index (χ2n) is 7.23. The van der Waals surface area contributed by atoms with Gasteiger partial charge in [-0.3, -0.25) is 4.79 Å². The van der Waals surface area contributed by atoms with Gasteiger partial charge < -0.3 is 29.2 Å². The second kappa shape index (κ2) is 13.7. The van der Waals surface area contributed by atoms with Gasteiger partial charge in [-0.25, -0.2) is 0 Å². The van der Waals surface area contributed by atoms with Crippen LogP contribution in [0.2, 0.25) is 0 Å². The Balaban J connectivity index is 2.07. The van der Waals surface area contributed by atoms with Gasteiger partial charge in [0.15, 0.2) is 0 Å². The molecule has 0 spiro atoms. The Morgan fingerprint density at radius 3 is 1.94 bits per heavy atom. The number of aliphatic hydroxyl groups is 2. The number of aliphatic hydroxyl groups excluding tert-OH is 2. The van der Waals surface area contributed by atoms with Gasteiger partial charge in [0.1, 0.15) is 30.7 Å². The van der Waals surface area contributed by atoms with Crippen LogP contribution in [0.5, 0.6) is 0 Å². The number of hydrogen-bond acceptors (Lipinski definition) is 7. The molecule has 7 nitrogen and oxygen atoms in total. The van der Waals surface area contributed by atoms with Crippen LogP contribution >= 0.6 is 0 Å². The van der Waals surface area contributed by atoms with Crippen molar-refractivity contribution in [2.45, 2.75) is 51.3 Å². The van der Waals surface area contributed by atoms with E-state index in [2.05, 4.69) is 0 Å². The van der Waals surface area contributed by atoms with E-state index in [4.69, 9.17) is 14.2 Å². The van der Waals surface area contributed by atoms with Crippen LogP contribution in [-0.4, -0.2) is 53.5 Å². The molecule has 0 bridgehead atoms. The predicted molar refractivity (Wildman–Crippen MR) is 114 cm³/mol. The molecule has 0 aliphatic carbocycles. The molecule has 0 fully saturated rings. The molecule has 31 heavy (non-hydrogen) atoms. The lowest BCUT2D eigenvalue weighted by atomic mass is 10.1. The highest BCUT2D eigenvalue weighted by atomic mass is 16.6. The molecule has 0 aromatic heterocycles. The molecular weight excluding hydrogens is 400 g/mol. The highest BCUT2D eigenvalue weighted by Crippen LogP contribution is 2.16. The van der Waals surface area contributed by atoms with Gasteiger partial charge in [0.25, 0.3) is 0 Å². The molecule has 0 aliphatic rings. The Kier molecular flexibility index (Phi) is 10.9. The van der Waals surface area contributed by atoms with Crippen molar-refractivity contribution in [3.05, 3.63) is 71.8 Å². The first kappa shape index (κ1) is 24.7. The fourth-order valence-corrected chi connectivity index (χ4v) is 2.88. The summed E-state index contributed by atoms with van der Waals surface area (Å²) < 4.78 is 17.1. The van der Waals surface area contributed by atoms with Gasteiger partial charge in [-0.15, -0.1) is 0 Å². The van der Waals surface area contributed by atoms with Crippen LogP contribution in [0.25, 0.3) is 0 Å². The van der Waals surface area contributed by atoms with Crippen molar-refractivity contribution in [3.63, 3.8) is 0 Å². The number of rotatable bonds is 14. The quantitative estimate of drug-likeness (QED) is 0.444. The van der Waals surface area contributed by atoms with E-state index < -0.39 is 30.9 Å². The summed E-state index contributed by atoms with van der Waals surface area (Å²) in [7, 11) is 0. The van der Waals surface area contributed by atoms with Crippen molar-refractivity contribution >= 4 is 11.8 Å². The first-order chi connectivity index (χ1) is 15.0. The number of carbonyl (C=O) groups is 2. The molecule has 7 heteroatoms. The minimum atomic E-state index is -1.24. The van der Waals surface area contributed by atoms with Gasteiger partial charge in [-0.05, 0) is 18.1 Å². The molecule has 3 atom stereocenters. The number of carbonyl (C=O) groups excluding carboxylic acids is 2. The van der Waals surface area contributed by atoms with E-state index in [0.717, 1.165) is 11.1 Å².